The van der Waals surface area contributed by atoms with E-state index in [1.54, 1.807) is 11.3 Å². The molecule has 3 nitrogen and oxygen atoms in total. The van der Waals surface area contributed by atoms with E-state index in [1.165, 1.54) is 42.3 Å². The third-order valence-corrected chi connectivity index (χ3v) is 5.60. The summed E-state index contributed by atoms with van der Waals surface area (Å²) in [6, 6.07) is 2.64. The lowest BCUT2D eigenvalue weighted by Gasteiger charge is -2.25. The summed E-state index contributed by atoms with van der Waals surface area (Å²) in [6.07, 6.45) is 9.02. The summed E-state index contributed by atoms with van der Waals surface area (Å²) >= 11 is 1.76. The first kappa shape index (κ1) is 15.4. The van der Waals surface area contributed by atoms with Gasteiger partial charge < -0.3 is 4.57 Å². The number of pyridine rings is 1. The Labute approximate surface area is 146 Å². The number of allylic oxidation sites excluding steroid dienone is 1. The first-order chi connectivity index (χ1) is 11.7. The fraction of sp³-hybridized carbons (Fsp3) is 0.400. The lowest BCUT2D eigenvalue weighted by Crippen LogP contribution is -2.15. The molecule has 3 aromatic rings. The number of nitrogens with zero attached hydrogens (tertiary/aromatic N) is 3. The lowest BCUT2D eigenvalue weighted by atomic mass is 9.95. The van der Waals surface area contributed by atoms with Gasteiger partial charge in [0.2, 0.25) is 0 Å². The van der Waals surface area contributed by atoms with Crippen LogP contribution >= 0.6 is 11.3 Å². The molecule has 0 unspecified atom stereocenters. The SMILES string of the molecule is C=C(C)C#CCc1nc2cnc3ccsc3c2n1C1CCCCC1. The third-order valence-electron chi connectivity index (χ3n) is 4.68. The van der Waals surface area contributed by atoms with Crippen LogP contribution in [0.3, 0.4) is 0 Å². The fourth-order valence-electron chi connectivity index (χ4n) is 3.66. The first-order valence-corrected chi connectivity index (χ1v) is 9.49. The number of hydrogen-bond donors (Lipinski definition) is 0. The van der Waals surface area contributed by atoms with Gasteiger partial charge in [0, 0.05) is 6.04 Å². The van der Waals surface area contributed by atoms with Gasteiger partial charge >= 0.3 is 0 Å². The van der Waals surface area contributed by atoms with Crippen molar-refractivity contribution in [2.24, 2.45) is 0 Å². The van der Waals surface area contributed by atoms with Crippen LogP contribution in [0.5, 0.6) is 0 Å². The van der Waals surface area contributed by atoms with Gasteiger partial charge in [-0.3, -0.25) is 4.98 Å². The number of hydrogen-bond acceptors (Lipinski definition) is 3. The molecule has 1 aliphatic rings. The Morgan fingerprint density at radius 2 is 2.17 bits per heavy atom. The monoisotopic (exact) mass is 335 g/mol. The van der Waals surface area contributed by atoms with Gasteiger partial charge in [0.15, 0.2) is 0 Å². The van der Waals surface area contributed by atoms with E-state index < -0.39 is 0 Å². The van der Waals surface area contributed by atoms with Gasteiger partial charge in [-0.2, -0.15) is 0 Å². The Balaban J connectivity index is 1.90. The molecule has 0 aromatic carbocycles. The maximum atomic E-state index is 4.89. The van der Waals surface area contributed by atoms with E-state index in [0.717, 1.165) is 22.4 Å². The number of rotatable bonds is 2. The molecule has 4 rings (SSSR count). The van der Waals surface area contributed by atoms with Crippen LogP contribution in [-0.2, 0) is 6.42 Å². The van der Waals surface area contributed by atoms with E-state index in [4.69, 9.17) is 4.98 Å². The minimum absolute atomic E-state index is 0.540. The summed E-state index contributed by atoms with van der Waals surface area (Å²) in [4.78, 5) is 9.45. The molecular formula is C20H21N3S. The zero-order valence-corrected chi connectivity index (χ0v) is 14.8. The van der Waals surface area contributed by atoms with Crippen LogP contribution in [0.25, 0.3) is 21.3 Å². The summed E-state index contributed by atoms with van der Waals surface area (Å²) < 4.78 is 3.73. The van der Waals surface area contributed by atoms with Gasteiger partial charge in [-0.1, -0.05) is 37.7 Å². The predicted octanol–water partition coefficient (Wildman–Crippen LogP) is 5.27. The number of imidazole rings is 1. The van der Waals surface area contributed by atoms with E-state index >= 15 is 0 Å². The Hall–Kier alpha value is -2.12. The summed E-state index contributed by atoms with van der Waals surface area (Å²) in [6.45, 7) is 5.81. The number of thiophene rings is 1. The van der Waals surface area contributed by atoms with E-state index in [1.807, 2.05) is 13.1 Å². The molecule has 0 saturated heterocycles. The average Bonchev–Trinajstić information content (AvgIpc) is 3.18. The molecule has 4 heteroatoms. The second kappa shape index (κ2) is 6.41. The summed E-state index contributed by atoms with van der Waals surface area (Å²) in [5.74, 6) is 7.40. The van der Waals surface area contributed by atoms with Gasteiger partial charge in [0.25, 0.3) is 0 Å². The molecule has 1 aliphatic carbocycles. The van der Waals surface area contributed by atoms with Crippen molar-refractivity contribution in [3.05, 3.63) is 35.6 Å². The molecule has 24 heavy (non-hydrogen) atoms. The van der Waals surface area contributed by atoms with Crippen molar-refractivity contribution in [3.63, 3.8) is 0 Å². The minimum Gasteiger partial charge on any atom is -0.323 e. The molecule has 3 heterocycles. The normalized spacial score (nSPS) is 15.5. The highest BCUT2D eigenvalue weighted by atomic mass is 32.1. The van der Waals surface area contributed by atoms with Crippen LogP contribution in [0.1, 0.15) is 50.9 Å². The Kier molecular flexibility index (Phi) is 4.12. The van der Waals surface area contributed by atoms with Crippen LogP contribution in [0.15, 0.2) is 29.8 Å². The van der Waals surface area contributed by atoms with Crippen LogP contribution in [0.2, 0.25) is 0 Å². The molecule has 1 fully saturated rings. The van der Waals surface area contributed by atoms with Crippen LogP contribution in [0, 0.1) is 11.8 Å². The maximum Gasteiger partial charge on any atom is 0.122 e. The van der Waals surface area contributed by atoms with Gasteiger partial charge in [-0.05, 0) is 36.8 Å². The van der Waals surface area contributed by atoms with Crippen LogP contribution in [0.4, 0.5) is 0 Å². The second-order valence-electron chi connectivity index (χ2n) is 6.58. The molecule has 0 radical (unpaired) electrons. The molecular weight excluding hydrogens is 314 g/mol. The van der Waals surface area contributed by atoms with Crippen molar-refractivity contribution in [3.8, 4) is 11.8 Å². The smallest absolute Gasteiger partial charge is 0.122 e. The topological polar surface area (TPSA) is 30.7 Å². The maximum absolute atomic E-state index is 4.89. The first-order valence-electron chi connectivity index (χ1n) is 8.61. The Morgan fingerprint density at radius 3 is 2.96 bits per heavy atom. The summed E-state index contributed by atoms with van der Waals surface area (Å²) in [7, 11) is 0. The standard InChI is InChI=1S/C20H21N3S/c1-14(2)7-6-10-18-22-17-13-21-16-11-12-24-20(16)19(17)23(18)15-8-4-3-5-9-15/h11-13,15H,1,3-5,8-10H2,2H3. The van der Waals surface area contributed by atoms with E-state index in [0.29, 0.717) is 12.5 Å². The van der Waals surface area contributed by atoms with Crippen LogP contribution < -0.4 is 0 Å². The molecule has 0 spiro atoms. The van der Waals surface area contributed by atoms with Gasteiger partial charge in [0.1, 0.15) is 11.3 Å². The van der Waals surface area contributed by atoms with E-state index in [2.05, 4.69) is 39.4 Å². The molecule has 0 aliphatic heterocycles. The zero-order chi connectivity index (χ0) is 16.5. The second-order valence-corrected chi connectivity index (χ2v) is 7.49. The largest absolute Gasteiger partial charge is 0.323 e. The molecule has 0 amide bonds. The Bertz CT molecular complexity index is 961. The zero-order valence-electron chi connectivity index (χ0n) is 14.0. The molecule has 0 atom stereocenters. The fourth-order valence-corrected chi connectivity index (χ4v) is 4.55. The summed E-state index contributed by atoms with van der Waals surface area (Å²) in [5, 5.41) is 2.12. The van der Waals surface area contributed by atoms with Crippen molar-refractivity contribution in [1.82, 2.24) is 14.5 Å². The quantitative estimate of drug-likeness (QED) is 0.597. The molecule has 122 valence electrons. The number of aromatic nitrogens is 3. The lowest BCUT2D eigenvalue weighted by molar-refractivity contribution is 0.354. The predicted molar refractivity (Wildman–Crippen MR) is 101 cm³/mol. The van der Waals surface area contributed by atoms with Crippen molar-refractivity contribution >= 4 is 32.6 Å². The highest BCUT2D eigenvalue weighted by Gasteiger charge is 2.23. The molecule has 0 bridgehead atoms. The third kappa shape index (κ3) is 2.74. The van der Waals surface area contributed by atoms with E-state index in [-0.39, 0.29) is 0 Å². The van der Waals surface area contributed by atoms with Gasteiger partial charge in [0.05, 0.1) is 28.4 Å². The van der Waals surface area contributed by atoms with Gasteiger partial charge in [-0.15, -0.1) is 11.3 Å². The summed E-state index contributed by atoms with van der Waals surface area (Å²) in [5.41, 5.74) is 4.23. The highest BCUT2D eigenvalue weighted by molar-refractivity contribution is 7.18. The van der Waals surface area contributed by atoms with Crippen LogP contribution in [-0.4, -0.2) is 14.5 Å². The molecule has 0 N–H and O–H groups in total. The van der Waals surface area contributed by atoms with Crippen molar-refractivity contribution in [1.29, 1.82) is 0 Å². The average molecular weight is 335 g/mol. The molecule has 1 saturated carbocycles. The van der Waals surface area contributed by atoms with Crippen molar-refractivity contribution in [2.45, 2.75) is 51.5 Å². The highest BCUT2D eigenvalue weighted by Crippen LogP contribution is 2.36. The van der Waals surface area contributed by atoms with E-state index in [9.17, 15) is 0 Å². The number of fused-ring (bicyclic) bond motifs is 3. The van der Waals surface area contributed by atoms with Crippen molar-refractivity contribution in [2.75, 3.05) is 0 Å². The Morgan fingerprint density at radius 1 is 1.33 bits per heavy atom. The van der Waals surface area contributed by atoms with Gasteiger partial charge in [-0.25, -0.2) is 4.98 Å². The minimum atomic E-state index is 0.540. The van der Waals surface area contributed by atoms with Crippen molar-refractivity contribution < 1.29 is 0 Å². The molecule has 3 aromatic heterocycles.